The van der Waals surface area contributed by atoms with Gasteiger partial charge in [-0.2, -0.15) is 0 Å². The second-order valence-electron chi connectivity index (χ2n) is 9.66. The van der Waals surface area contributed by atoms with E-state index < -0.39 is 5.60 Å². The van der Waals surface area contributed by atoms with E-state index in [-0.39, 0.29) is 17.4 Å². The first-order chi connectivity index (χ1) is 10.8. The van der Waals surface area contributed by atoms with Gasteiger partial charge >= 0.3 is 0 Å². The Balaban J connectivity index is 1.66. The molecule has 0 bridgehead atoms. The Kier molecular flexibility index (Phi) is 3.53. The van der Waals surface area contributed by atoms with Crippen LogP contribution in [-0.2, 0) is 4.79 Å². The van der Waals surface area contributed by atoms with Crippen LogP contribution < -0.4 is 0 Å². The molecule has 0 aromatic heterocycles. The van der Waals surface area contributed by atoms with Gasteiger partial charge < -0.3 is 10.2 Å². The Labute approximate surface area is 139 Å². The quantitative estimate of drug-likeness (QED) is 0.779. The molecule has 23 heavy (non-hydrogen) atoms. The molecule has 4 aliphatic rings. The van der Waals surface area contributed by atoms with E-state index in [1.165, 1.54) is 6.42 Å². The van der Waals surface area contributed by atoms with E-state index >= 15 is 0 Å². The first-order valence-corrected chi connectivity index (χ1v) is 9.69. The number of Topliss-reactive ketones (excluding diaryl/α,β-unsaturated/α-hetero) is 1. The van der Waals surface area contributed by atoms with Gasteiger partial charge in [-0.05, 0) is 87.4 Å². The van der Waals surface area contributed by atoms with Gasteiger partial charge in [0.2, 0.25) is 0 Å². The third kappa shape index (κ3) is 2.12. The van der Waals surface area contributed by atoms with E-state index in [4.69, 9.17) is 0 Å². The van der Waals surface area contributed by atoms with Gasteiger partial charge in [-0.25, -0.2) is 0 Å². The number of hydrogen-bond acceptors (Lipinski definition) is 3. The van der Waals surface area contributed by atoms with Gasteiger partial charge in [0.05, 0.1) is 5.60 Å². The van der Waals surface area contributed by atoms with E-state index in [0.717, 1.165) is 51.4 Å². The largest absolute Gasteiger partial charge is 0.396 e. The third-order valence-electron chi connectivity index (χ3n) is 8.66. The van der Waals surface area contributed by atoms with Crippen LogP contribution in [0, 0.1) is 34.5 Å². The summed E-state index contributed by atoms with van der Waals surface area (Å²) in [5.41, 5.74) is -0.619. The smallest absolute Gasteiger partial charge is 0.139 e. The van der Waals surface area contributed by atoms with Crippen LogP contribution in [-0.4, -0.2) is 28.2 Å². The maximum atomic E-state index is 12.4. The molecule has 4 rings (SSSR count). The Morgan fingerprint density at radius 2 is 1.83 bits per heavy atom. The van der Waals surface area contributed by atoms with Crippen molar-refractivity contribution < 1.29 is 15.0 Å². The lowest BCUT2D eigenvalue weighted by Crippen LogP contribution is -2.58. The highest BCUT2D eigenvalue weighted by atomic mass is 16.3. The van der Waals surface area contributed by atoms with E-state index in [1.807, 2.05) is 6.92 Å². The Morgan fingerprint density at radius 3 is 2.57 bits per heavy atom. The lowest BCUT2D eigenvalue weighted by molar-refractivity contribution is -0.169. The second kappa shape index (κ2) is 5.05. The number of hydrogen-bond donors (Lipinski definition) is 2. The standard InChI is InChI=1S/C20H32O3/c1-18(23)9-10-20(12-21)13(11-18)3-4-14-15-5-6-17(22)19(15,2)8-7-16(14)20/h13-16,21,23H,3-12H2,1-2H3. The van der Waals surface area contributed by atoms with Gasteiger partial charge in [0.25, 0.3) is 0 Å². The molecule has 4 aliphatic carbocycles. The summed E-state index contributed by atoms with van der Waals surface area (Å²) in [5.74, 6) is 2.67. The Bertz CT molecular complexity index is 513. The lowest BCUT2D eigenvalue weighted by atomic mass is 9.44. The summed E-state index contributed by atoms with van der Waals surface area (Å²) in [7, 11) is 0. The molecule has 4 saturated carbocycles. The van der Waals surface area contributed by atoms with E-state index in [0.29, 0.717) is 29.5 Å². The van der Waals surface area contributed by atoms with Crippen molar-refractivity contribution in [2.75, 3.05) is 6.61 Å². The van der Waals surface area contributed by atoms with Crippen LogP contribution in [0.25, 0.3) is 0 Å². The average Bonchev–Trinajstić information content (AvgIpc) is 2.82. The molecule has 0 spiro atoms. The predicted octanol–water partition coefficient (Wildman–Crippen LogP) is 3.32. The summed E-state index contributed by atoms with van der Waals surface area (Å²) in [6.45, 7) is 4.45. The van der Waals surface area contributed by atoms with Crippen molar-refractivity contribution in [1.29, 1.82) is 0 Å². The summed E-state index contributed by atoms with van der Waals surface area (Å²) >= 11 is 0. The van der Waals surface area contributed by atoms with Gasteiger partial charge in [0, 0.05) is 18.4 Å². The van der Waals surface area contributed by atoms with E-state index in [1.54, 1.807) is 0 Å². The summed E-state index contributed by atoms with van der Waals surface area (Å²) in [6, 6.07) is 0. The van der Waals surface area contributed by atoms with Gasteiger partial charge in [0.1, 0.15) is 5.78 Å². The first kappa shape index (κ1) is 16.1. The summed E-state index contributed by atoms with van der Waals surface area (Å²) in [5, 5.41) is 20.9. The number of fused-ring (bicyclic) bond motifs is 5. The molecule has 0 heterocycles. The van der Waals surface area contributed by atoms with Crippen LogP contribution in [0.3, 0.4) is 0 Å². The minimum atomic E-state index is -0.553. The first-order valence-electron chi connectivity index (χ1n) is 9.69. The van der Waals surface area contributed by atoms with Crippen LogP contribution in [0.15, 0.2) is 0 Å². The molecule has 0 aromatic rings. The number of ketones is 1. The number of rotatable bonds is 1. The number of carbonyl (C=O) groups is 1. The molecule has 3 heteroatoms. The zero-order valence-electron chi connectivity index (χ0n) is 14.7. The van der Waals surface area contributed by atoms with Gasteiger partial charge in [0.15, 0.2) is 0 Å². The molecule has 0 aliphatic heterocycles. The summed E-state index contributed by atoms with van der Waals surface area (Å²) in [4.78, 5) is 12.4. The van der Waals surface area contributed by atoms with Crippen molar-refractivity contribution in [3.05, 3.63) is 0 Å². The maximum Gasteiger partial charge on any atom is 0.139 e. The number of aliphatic hydroxyl groups is 2. The highest BCUT2D eigenvalue weighted by Gasteiger charge is 2.62. The predicted molar refractivity (Wildman–Crippen MR) is 88.8 cm³/mol. The van der Waals surface area contributed by atoms with E-state index in [2.05, 4.69) is 6.92 Å². The monoisotopic (exact) mass is 320 g/mol. The molecule has 0 radical (unpaired) electrons. The zero-order valence-corrected chi connectivity index (χ0v) is 14.7. The van der Waals surface area contributed by atoms with Gasteiger partial charge in [-0.1, -0.05) is 6.92 Å². The normalized spacial score (nSPS) is 55.9. The van der Waals surface area contributed by atoms with Crippen molar-refractivity contribution in [3.8, 4) is 0 Å². The molecule has 3 nitrogen and oxygen atoms in total. The Morgan fingerprint density at radius 1 is 1.04 bits per heavy atom. The molecule has 0 saturated heterocycles. The zero-order chi connectivity index (χ0) is 16.5. The molecule has 2 N–H and O–H groups in total. The van der Waals surface area contributed by atoms with Gasteiger partial charge in [-0.3, -0.25) is 4.79 Å². The minimum absolute atomic E-state index is 0.0120. The van der Waals surface area contributed by atoms with Crippen molar-refractivity contribution >= 4 is 5.78 Å². The third-order valence-corrected chi connectivity index (χ3v) is 8.66. The summed E-state index contributed by atoms with van der Waals surface area (Å²) < 4.78 is 0. The lowest BCUT2D eigenvalue weighted by Gasteiger charge is -2.61. The van der Waals surface area contributed by atoms with Crippen LogP contribution in [0.2, 0.25) is 0 Å². The molecular weight excluding hydrogens is 288 g/mol. The van der Waals surface area contributed by atoms with Crippen molar-refractivity contribution in [2.24, 2.45) is 34.5 Å². The Hall–Kier alpha value is -0.410. The van der Waals surface area contributed by atoms with Crippen LogP contribution in [0.4, 0.5) is 0 Å². The topological polar surface area (TPSA) is 57.5 Å². The van der Waals surface area contributed by atoms with Gasteiger partial charge in [-0.15, -0.1) is 0 Å². The minimum Gasteiger partial charge on any atom is -0.396 e. The maximum absolute atomic E-state index is 12.4. The van der Waals surface area contributed by atoms with Crippen molar-refractivity contribution in [2.45, 2.75) is 77.2 Å². The fourth-order valence-electron chi connectivity index (χ4n) is 7.31. The molecule has 7 atom stereocenters. The number of aliphatic hydroxyl groups excluding tert-OH is 1. The van der Waals surface area contributed by atoms with Crippen LogP contribution in [0.1, 0.15) is 71.6 Å². The van der Waals surface area contributed by atoms with Crippen molar-refractivity contribution in [3.63, 3.8) is 0 Å². The van der Waals surface area contributed by atoms with Crippen LogP contribution in [0.5, 0.6) is 0 Å². The molecule has 4 fully saturated rings. The SMILES string of the molecule is CC1(O)CCC2(CO)C(CCC3C4CCC(=O)C4(C)CCC32)C1. The molecule has 0 amide bonds. The summed E-state index contributed by atoms with van der Waals surface area (Å²) in [6.07, 6.45) is 8.89. The second-order valence-corrected chi connectivity index (χ2v) is 9.66. The highest BCUT2D eigenvalue weighted by molar-refractivity contribution is 5.87. The van der Waals surface area contributed by atoms with Crippen LogP contribution >= 0.6 is 0 Å². The van der Waals surface area contributed by atoms with E-state index in [9.17, 15) is 15.0 Å². The molecule has 0 aromatic carbocycles. The average molecular weight is 320 g/mol. The molecule has 130 valence electrons. The molecular formula is C20H32O3. The fraction of sp³-hybridized carbons (Fsp3) is 0.950. The highest BCUT2D eigenvalue weighted by Crippen LogP contribution is 2.66. The van der Waals surface area contributed by atoms with Crippen molar-refractivity contribution in [1.82, 2.24) is 0 Å². The number of carbonyl (C=O) groups excluding carboxylic acids is 1. The fourth-order valence-corrected chi connectivity index (χ4v) is 7.31. The molecule has 7 unspecified atom stereocenters.